The molecule has 0 atom stereocenters. The van der Waals surface area contributed by atoms with Gasteiger partial charge >= 0.3 is 0 Å². The molecule has 1 nitrogen and oxygen atoms in total. The second-order valence-electron chi connectivity index (χ2n) is 2.13. The average Bonchev–Trinajstić information content (AvgIpc) is 1.69. The molecule has 1 saturated carbocycles. The molecule has 0 aromatic rings. The second kappa shape index (κ2) is 2.31. The monoisotopic (exact) mass is 99.1 g/mol. The SMILES string of the molecule is O[C]1CCCCC1. The Morgan fingerprint density at radius 1 is 1.00 bits per heavy atom. The van der Waals surface area contributed by atoms with Crippen LogP contribution in [0.5, 0.6) is 0 Å². The molecule has 0 aromatic carbocycles. The Bertz CT molecular complexity index is 46.1. The molecule has 1 rings (SSSR count). The number of hydrogen-bond acceptors (Lipinski definition) is 1. The van der Waals surface area contributed by atoms with Crippen molar-refractivity contribution in [3.8, 4) is 0 Å². The normalized spacial score (nSPS) is 25.3. The van der Waals surface area contributed by atoms with Crippen LogP contribution in [0.25, 0.3) is 0 Å². The second-order valence-corrected chi connectivity index (χ2v) is 2.13. The van der Waals surface area contributed by atoms with Gasteiger partial charge in [-0.2, -0.15) is 0 Å². The van der Waals surface area contributed by atoms with Crippen LogP contribution >= 0.6 is 0 Å². The Labute approximate surface area is 44.4 Å². The molecule has 1 aliphatic carbocycles. The van der Waals surface area contributed by atoms with Crippen molar-refractivity contribution >= 4 is 0 Å². The largest absolute Gasteiger partial charge is 0.387 e. The lowest BCUT2D eigenvalue weighted by Crippen LogP contribution is -2.00. The van der Waals surface area contributed by atoms with Crippen molar-refractivity contribution in [3.63, 3.8) is 0 Å². The van der Waals surface area contributed by atoms with E-state index < -0.39 is 0 Å². The summed E-state index contributed by atoms with van der Waals surface area (Å²) < 4.78 is 0. The molecule has 1 radical (unpaired) electrons. The van der Waals surface area contributed by atoms with E-state index in [9.17, 15) is 0 Å². The molecule has 0 bridgehead atoms. The van der Waals surface area contributed by atoms with Crippen molar-refractivity contribution in [1.82, 2.24) is 0 Å². The van der Waals surface area contributed by atoms with E-state index in [0.29, 0.717) is 6.10 Å². The van der Waals surface area contributed by atoms with Crippen LogP contribution in [0.2, 0.25) is 0 Å². The first-order valence-electron chi connectivity index (χ1n) is 2.93. The highest BCUT2D eigenvalue weighted by molar-refractivity contribution is 4.78. The Hall–Kier alpha value is -0.0400. The summed E-state index contributed by atoms with van der Waals surface area (Å²) in [6, 6.07) is 0. The van der Waals surface area contributed by atoms with Crippen LogP contribution in [0, 0.1) is 6.10 Å². The minimum atomic E-state index is 0.714. The van der Waals surface area contributed by atoms with E-state index in [-0.39, 0.29) is 0 Å². The van der Waals surface area contributed by atoms with E-state index in [2.05, 4.69) is 0 Å². The Morgan fingerprint density at radius 3 is 1.86 bits per heavy atom. The van der Waals surface area contributed by atoms with Gasteiger partial charge in [-0.1, -0.05) is 19.3 Å². The molecule has 0 amide bonds. The molecule has 1 N–H and O–H groups in total. The molecule has 7 heavy (non-hydrogen) atoms. The van der Waals surface area contributed by atoms with Crippen LogP contribution in [0.15, 0.2) is 0 Å². The Balaban J connectivity index is 2.12. The summed E-state index contributed by atoms with van der Waals surface area (Å²) in [5.41, 5.74) is 0. The van der Waals surface area contributed by atoms with E-state index in [1.54, 1.807) is 0 Å². The first kappa shape index (κ1) is 5.10. The summed E-state index contributed by atoms with van der Waals surface area (Å²) in [4.78, 5) is 0. The smallest absolute Gasteiger partial charge is 0.0933 e. The van der Waals surface area contributed by atoms with Crippen LogP contribution in [-0.4, -0.2) is 5.11 Å². The lowest BCUT2D eigenvalue weighted by atomic mass is 9.98. The van der Waals surface area contributed by atoms with Gasteiger partial charge in [0.25, 0.3) is 0 Å². The topological polar surface area (TPSA) is 20.2 Å². The zero-order chi connectivity index (χ0) is 5.11. The van der Waals surface area contributed by atoms with E-state index in [4.69, 9.17) is 5.11 Å². The van der Waals surface area contributed by atoms with Crippen molar-refractivity contribution < 1.29 is 5.11 Å². The van der Waals surface area contributed by atoms with Gasteiger partial charge in [0, 0.05) is 0 Å². The third-order valence-electron chi connectivity index (χ3n) is 1.43. The minimum absolute atomic E-state index is 0.714. The molecule has 0 aromatic heterocycles. The molecular formula is C6H11O. The number of hydrogen-bond donors (Lipinski definition) is 1. The first-order chi connectivity index (χ1) is 3.39. The molecule has 1 aliphatic rings. The third-order valence-corrected chi connectivity index (χ3v) is 1.43. The fourth-order valence-corrected chi connectivity index (χ4v) is 0.960. The van der Waals surface area contributed by atoms with Gasteiger partial charge in [0.2, 0.25) is 0 Å². The van der Waals surface area contributed by atoms with Crippen LogP contribution in [-0.2, 0) is 0 Å². The van der Waals surface area contributed by atoms with Gasteiger partial charge in [-0.05, 0) is 12.8 Å². The summed E-state index contributed by atoms with van der Waals surface area (Å²) in [6.45, 7) is 0. The summed E-state index contributed by atoms with van der Waals surface area (Å²) in [7, 11) is 0. The lowest BCUT2D eigenvalue weighted by molar-refractivity contribution is 0.239. The predicted octanol–water partition coefficient (Wildman–Crippen LogP) is 1.85. The zero-order valence-electron chi connectivity index (χ0n) is 4.48. The van der Waals surface area contributed by atoms with Crippen LogP contribution < -0.4 is 0 Å². The summed E-state index contributed by atoms with van der Waals surface area (Å²) >= 11 is 0. The molecule has 0 saturated heterocycles. The van der Waals surface area contributed by atoms with Crippen molar-refractivity contribution in [3.05, 3.63) is 6.10 Å². The highest BCUT2D eigenvalue weighted by Gasteiger charge is 2.08. The third kappa shape index (κ3) is 1.48. The van der Waals surface area contributed by atoms with Gasteiger partial charge in [0.05, 0.1) is 6.10 Å². The standard InChI is InChI=1S/C6H11O/c7-6-4-2-1-3-5-6/h7H,1-5H2. The minimum Gasteiger partial charge on any atom is -0.387 e. The van der Waals surface area contributed by atoms with E-state index in [1.165, 1.54) is 19.3 Å². The van der Waals surface area contributed by atoms with Crippen molar-refractivity contribution in [2.24, 2.45) is 0 Å². The van der Waals surface area contributed by atoms with E-state index in [1.807, 2.05) is 0 Å². The molecule has 1 heteroatoms. The van der Waals surface area contributed by atoms with Gasteiger partial charge < -0.3 is 5.11 Å². The molecule has 0 spiro atoms. The maximum atomic E-state index is 8.83. The number of rotatable bonds is 0. The maximum absolute atomic E-state index is 8.83. The first-order valence-corrected chi connectivity index (χ1v) is 2.93. The zero-order valence-corrected chi connectivity index (χ0v) is 4.48. The summed E-state index contributed by atoms with van der Waals surface area (Å²) in [5, 5.41) is 8.83. The van der Waals surface area contributed by atoms with Crippen molar-refractivity contribution in [2.45, 2.75) is 32.1 Å². The van der Waals surface area contributed by atoms with Crippen LogP contribution in [0.4, 0.5) is 0 Å². The fourth-order valence-electron chi connectivity index (χ4n) is 0.960. The molecule has 41 valence electrons. The Kier molecular flexibility index (Phi) is 1.69. The van der Waals surface area contributed by atoms with Crippen LogP contribution in [0.3, 0.4) is 0 Å². The number of aliphatic hydroxyl groups excluding tert-OH is 1. The summed E-state index contributed by atoms with van der Waals surface area (Å²) in [6.07, 6.45) is 6.34. The van der Waals surface area contributed by atoms with Gasteiger partial charge in [0.15, 0.2) is 0 Å². The highest BCUT2D eigenvalue weighted by atomic mass is 16.3. The van der Waals surface area contributed by atoms with Crippen molar-refractivity contribution in [2.75, 3.05) is 0 Å². The predicted molar refractivity (Wildman–Crippen MR) is 28.3 cm³/mol. The molecular weight excluding hydrogens is 88.1 g/mol. The quantitative estimate of drug-likeness (QED) is 0.491. The molecule has 0 heterocycles. The Morgan fingerprint density at radius 2 is 1.57 bits per heavy atom. The summed E-state index contributed by atoms with van der Waals surface area (Å²) in [5.74, 6) is 0. The molecule has 0 aliphatic heterocycles. The fraction of sp³-hybridized carbons (Fsp3) is 0.833. The molecule has 1 fully saturated rings. The average molecular weight is 99.2 g/mol. The number of aliphatic hydroxyl groups is 1. The van der Waals surface area contributed by atoms with E-state index >= 15 is 0 Å². The van der Waals surface area contributed by atoms with Gasteiger partial charge in [-0.3, -0.25) is 0 Å². The maximum Gasteiger partial charge on any atom is 0.0933 e. The van der Waals surface area contributed by atoms with Crippen molar-refractivity contribution in [1.29, 1.82) is 0 Å². The van der Waals surface area contributed by atoms with E-state index in [0.717, 1.165) is 12.8 Å². The van der Waals surface area contributed by atoms with Crippen LogP contribution in [0.1, 0.15) is 32.1 Å². The highest BCUT2D eigenvalue weighted by Crippen LogP contribution is 2.21. The lowest BCUT2D eigenvalue weighted by Gasteiger charge is -2.13. The van der Waals surface area contributed by atoms with Gasteiger partial charge in [-0.15, -0.1) is 0 Å². The van der Waals surface area contributed by atoms with Gasteiger partial charge in [0.1, 0.15) is 0 Å². The van der Waals surface area contributed by atoms with Gasteiger partial charge in [-0.25, -0.2) is 0 Å². The molecule has 0 unspecified atom stereocenters.